The van der Waals surface area contributed by atoms with E-state index in [1.807, 2.05) is 0 Å². The van der Waals surface area contributed by atoms with Gasteiger partial charge >= 0.3 is 5.97 Å². The number of nitrogens with two attached hydrogens (primary N) is 1. The zero-order valence-corrected chi connectivity index (χ0v) is 14.3. The van der Waals surface area contributed by atoms with E-state index < -0.39 is 48.1 Å². The molecule has 0 bridgehead atoms. The Hall–Kier alpha value is -1.56. The molecular weight excluding hydrogens is 336 g/mol. The molecule has 10 heteroatoms. The SMILES string of the molecule is C=CCO[C@]1(C(=O)OC)C[C@@H](O)[C@@H](NC(C)=O)C([C@H](O)[C@H](O)CN)O1. The van der Waals surface area contributed by atoms with E-state index >= 15 is 0 Å². The highest BCUT2D eigenvalue weighted by Gasteiger charge is 2.56. The lowest BCUT2D eigenvalue weighted by Crippen LogP contribution is -2.68. The van der Waals surface area contributed by atoms with Crippen LogP contribution in [0.3, 0.4) is 0 Å². The van der Waals surface area contributed by atoms with Crippen molar-refractivity contribution in [3.8, 4) is 0 Å². The Bertz CT molecular complexity index is 488. The molecule has 1 rings (SSSR count). The molecule has 0 radical (unpaired) electrons. The van der Waals surface area contributed by atoms with Gasteiger partial charge in [-0.25, -0.2) is 4.79 Å². The van der Waals surface area contributed by atoms with Gasteiger partial charge in [0.15, 0.2) is 0 Å². The van der Waals surface area contributed by atoms with Gasteiger partial charge in [0.1, 0.15) is 12.2 Å². The third kappa shape index (κ3) is 4.97. The molecule has 0 aromatic rings. The lowest BCUT2D eigenvalue weighted by Gasteiger charge is -2.46. The number of methoxy groups -OCH3 is 1. The molecule has 1 fully saturated rings. The molecule has 1 amide bonds. The molecule has 6 N–H and O–H groups in total. The molecule has 10 nitrogen and oxygen atoms in total. The molecule has 25 heavy (non-hydrogen) atoms. The normalized spacial score (nSPS) is 31.7. The highest BCUT2D eigenvalue weighted by atomic mass is 16.7. The van der Waals surface area contributed by atoms with Crippen molar-refractivity contribution in [3.05, 3.63) is 12.7 Å². The molecule has 0 aromatic carbocycles. The summed E-state index contributed by atoms with van der Waals surface area (Å²) in [7, 11) is 1.11. The van der Waals surface area contributed by atoms with Gasteiger partial charge in [0.2, 0.25) is 5.91 Å². The molecule has 0 saturated carbocycles. The Morgan fingerprint density at radius 3 is 2.64 bits per heavy atom. The van der Waals surface area contributed by atoms with Crippen LogP contribution in [0.5, 0.6) is 0 Å². The van der Waals surface area contributed by atoms with Gasteiger partial charge < -0.3 is 40.6 Å². The van der Waals surface area contributed by atoms with Crippen LogP contribution in [0.25, 0.3) is 0 Å². The number of hydrogen-bond acceptors (Lipinski definition) is 9. The largest absolute Gasteiger partial charge is 0.465 e. The van der Waals surface area contributed by atoms with Crippen LogP contribution in [-0.2, 0) is 23.8 Å². The summed E-state index contributed by atoms with van der Waals surface area (Å²) < 4.78 is 15.7. The lowest BCUT2D eigenvalue weighted by molar-refractivity contribution is -0.308. The van der Waals surface area contributed by atoms with Gasteiger partial charge in [0.25, 0.3) is 5.79 Å². The van der Waals surface area contributed by atoms with E-state index in [0.717, 1.165) is 7.11 Å². The summed E-state index contributed by atoms with van der Waals surface area (Å²) in [4.78, 5) is 23.6. The van der Waals surface area contributed by atoms with E-state index in [1.54, 1.807) is 0 Å². The summed E-state index contributed by atoms with van der Waals surface area (Å²) in [6, 6.07) is -1.10. The highest BCUT2D eigenvalue weighted by Crippen LogP contribution is 2.34. The van der Waals surface area contributed by atoms with Gasteiger partial charge in [-0.1, -0.05) is 6.08 Å². The van der Waals surface area contributed by atoms with Crippen LogP contribution in [0.15, 0.2) is 12.7 Å². The van der Waals surface area contributed by atoms with Crippen LogP contribution < -0.4 is 11.1 Å². The van der Waals surface area contributed by atoms with Crippen molar-refractivity contribution in [1.29, 1.82) is 0 Å². The minimum Gasteiger partial charge on any atom is -0.465 e. The monoisotopic (exact) mass is 362 g/mol. The number of carbonyl (C=O) groups is 2. The topological polar surface area (TPSA) is 161 Å². The Morgan fingerprint density at radius 1 is 1.52 bits per heavy atom. The first-order valence-electron chi connectivity index (χ1n) is 7.74. The molecular formula is C15H26N2O8. The molecule has 1 saturated heterocycles. The van der Waals surface area contributed by atoms with Crippen molar-refractivity contribution in [2.75, 3.05) is 20.3 Å². The van der Waals surface area contributed by atoms with Crippen molar-refractivity contribution in [2.24, 2.45) is 5.73 Å². The molecule has 1 unspecified atom stereocenters. The van der Waals surface area contributed by atoms with Crippen LogP contribution in [0.2, 0.25) is 0 Å². The molecule has 144 valence electrons. The maximum Gasteiger partial charge on any atom is 0.366 e. The summed E-state index contributed by atoms with van der Waals surface area (Å²) in [5.74, 6) is -3.46. The molecule has 6 atom stereocenters. The first-order chi connectivity index (χ1) is 11.7. The predicted molar refractivity (Wildman–Crippen MR) is 85.1 cm³/mol. The quantitative estimate of drug-likeness (QED) is 0.230. The number of rotatable bonds is 8. The van der Waals surface area contributed by atoms with E-state index in [0.29, 0.717) is 0 Å². The van der Waals surface area contributed by atoms with E-state index in [2.05, 4.69) is 16.6 Å². The molecule has 1 aliphatic rings. The first kappa shape index (κ1) is 21.5. The number of ether oxygens (including phenoxy) is 3. The van der Waals surface area contributed by atoms with Crippen molar-refractivity contribution < 1.29 is 39.1 Å². The van der Waals surface area contributed by atoms with Crippen LogP contribution in [0.1, 0.15) is 13.3 Å². The number of carbonyl (C=O) groups excluding carboxylic acids is 2. The molecule has 0 spiro atoms. The Morgan fingerprint density at radius 2 is 2.16 bits per heavy atom. The Kier molecular flexibility index (Phi) is 7.93. The van der Waals surface area contributed by atoms with Gasteiger partial charge in [-0.3, -0.25) is 4.79 Å². The average molecular weight is 362 g/mol. The minimum atomic E-state index is -2.03. The number of aliphatic hydroxyl groups excluding tert-OH is 3. The third-order valence-corrected chi connectivity index (χ3v) is 3.85. The summed E-state index contributed by atoms with van der Waals surface area (Å²) >= 11 is 0. The van der Waals surface area contributed by atoms with Gasteiger partial charge in [-0.2, -0.15) is 0 Å². The first-order valence-corrected chi connectivity index (χ1v) is 7.74. The summed E-state index contributed by atoms with van der Waals surface area (Å²) in [5, 5.41) is 33.0. The second-order valence-corrected chi connectivity index (χ2v) is 5.72. The smallest absolute Gasteiger partial charge is 0.366 e. The molecule has 1 heterocycles. The van der Waals surface area contributed by atoms with Crippen LogP contribution >= 0.6 is 0 Å². The van der Waals surface area contributed by atoms with E-state index in [4.69, 9.17) is 15.2 Å². The van der Waals surface area contributed by atoms with Gasteiger partial charge in [-0.05, 0) is 0 Å². The lowest BCUT2D eigenvalue weighted by atomic mass is 9.88. The summed E-state index contributed by atoms with van der Waals surface area (Å²) in [6.07, 6.45) is -4.73. The third-order valence-electron chi connectivity index (χ3n) is 3.85. The van der Waals surface area contributed by atoms with Gasteiger partial charge in [0.05, 0.1) is 32.0 Å². The van der Waals surface area contributed by atoms with Crippen molar-refractivity contribution in [3.63, 3.8) is 0 Å². The zero-order chi connectivity index (χ0) is 19.2. The summed E-state index contributed by atoms with van der Waals surface area (Å²) in [6.45, 7) is 4.28. The second-order valence-electron chi connectivity index (χ2n) is 5.72. The van der Waals surface area contributed by atoms with E-state index in [-0.39, 0.29) is 19.6 Å². The van der Waals surface area contributed by atoms with Gasteiger partial charge in [-0.15, -0.1) is 6.58 Å². The number of hydrogen-bond donors (Lipinski definition) is 5. The zero-order valence-electron chi connectivity index (χ0n) is 14.3. The van der Waals surface area contributed by atoms with Gasteiger partial charge in [0, 0.05) is 19.9 Å². The molecule has 0 aromatic heterocycles. The molecule has 1 aliphatic heterocycles. The number of aliphatic hydroxyl groups is 3. The number of nitrogens with one attached hydrogen (secondary N) is 1. The second kappa shape index (κ2) is 9.22. The summed E-state index contributed by atoms with van der Waals surface area (Å²) in [5.41, 5.74) is 5.34. The van der Waals surface area contributed by atoms with E-state index in [1.165, 1.54) is 13.0 Å². The van der Waals surface area contributed by atoms with Crippen molar-refractivity contribution in [1.82, 2.24) is 5.32 Å². The van der Waals surface area contributed by atoms with Crippen molar-refractivity contribution >= 4 is 11.9 Å². The Balaban J connectivity index is 3.23. The minimum absolute atomic E-state index is 0.102. The maximum atomic E-state index is 12.2. The maximum absolute atomic E-state index is 12.2. The Labute approximate surface area is 145 Å². The number of amides is 1. The number of esters is 1. The fourth-order valence-corrected chi connectivity index (χ4v) is 2.65. The fourth-order valence-electron chi connectivity index (χ4n) is 2.65. The van der Waals surface area contributed by atoms with Crippen LogP contribution in [0, 0.1) is 0 Å². The molecule has 0 aliphatic carbocycles. The standard InChI is InChI=1S/C15H26N2O8/c1-4-5-24-15(14(22)23-3)6-9(19)11(17-8(2)18)13(25-15)12(21)10(20)7-16/h4,9-13,19-21H,1,5-7,16H2,2-3H3,(H,17,18)/t9-,10-,11-,12-,13?,15-/m1/s1. The van der Waals surface area contributed by atoms with Crippen molar-refractivity contribution in [2.45, 2.75) is 49.6 Å². The van der Waals surface area contributed by atoms with Crippen LogP contribution in [-0.4, -0.2) is 83.7 Å². The fraction of sp³-hybridized carbons (Fsp3) is 0.733. The average Bonchev–Trinajstić information content (AvgIpc) is 2.59. The van der Waals surface area contributed by atoms with Crippen LogP contribution in [0.4, 0.5) is 0 Å². The van der Waals surface area contributed by atoms with E-state index in [9.17, 15) is 24.9 Å². The predicted octanol–water partition coefficient (Wildman–Crippen LogP) is -2.61. The highest BCUT2D eigenvalue weighted by molar-refractivity contribution is 5.78.